The molecule has 0 saturated carbocycles. The van der Waals surface area contributed by atoms with Gasteiger partial charge in [-0.2, -0.15) is 0 Å². The molecule has 0 bridgehead atoms. The fourth-order valence-electron chi connectivity index (χ4n) is 3.66. The van der Waals surface area contributed by atoms with Gasteiger partial charge in [0.05, 0.1) is 4.90 Å². The normalized spacial score (nSPS) is 18.0. The number of hydrogen-bond donors (Lipinski definition) is 1. The molecule has 0 radical (unpaired) electrons. The summed E-state index contributed by atoms with van der Waals surface area (Å²) in [6.07, 6.45) is 6.04. The molecule has 1 aliphatic rings. The van der Waals surface area contributed by atoms with Crippen LogP contribution in [0.4, 0.5) is 5.69 Å². The molecule has 2 heterocycles. The van der Waals surface area contributed by atoms with E-state index < -0.39 is 9.84 Å². The lowest BCUT2D eigenvalue weighted by Crippen LogP contribution is -2.26. The highest BCUT2D eigenvalue weighted by Crippen LogP contribution is 2.25. The molecule has 1 saturated heterocycles. The molecule has 1 aromatic heterocycles. The molecule has 1 N–H and O–H groups in total. The van der Waals surface area contributed by atoms with E-state index in [0.717, 1.165) is 42.7 Å². The van der Waals surface area contributed by atoms with Crippen molar-refractivity contribution in [3.8, 4) is 0 Å². The van der Waals surface area contributed by atoms with Gasteiger partial charge in [-0.15, -0.1) is 0 Å². The second kappa shape index (κ2) is 7.29. The van der Waals surface area contributed by atoms with E-state index in [4.69, 9.17) is 0 Å². The molecule has 0 aliphatic carbocycles. The number of sulfone groups is 1. The Morgan fingerprint density at radius 3 is 2.74 bits per heavy atom. The second-order valence-corrected chi connectivity index (χ2v) is 9.20. The zero-order valence-electron chi connectivity index (χ0n) is 15.3. The molecule has 4 rings (SSSR count). The van der Waals surface area contributed by atoms with Crippen molar-refractivity contribution in [3.05, 3.63) is 66.5 Å². The summed E-state index contributed by atoms with van der Waals surface area (Å²) in [7, 11) is -3.14. The van der Waals surface area contributed by atoms with Crippen molar-refractivity contribution in [1.82, 2.24) is 9.88 Å². The Bertz CT molecular complexity index is 1040. The van der Waals surface area contributed by atoms with E-state index >= 15 is 0 Å². The zero-order chi connectivity index (χ0) is 18.9. The van der Waals surface area contributed by atoms with Crippen molar-refractivity contribution in [3.63, 3.8) is 0 Å². The number of benzene rings is 2. The Balaban J connectivity index is 1.40. The average molecular weight is 382 g/mol. The summed E-state index contributed by atoms with van der Waals surface area (Å²) >= 11 is 0. The van der Waals surface area contributed by atoms with Crippen molar-refractivity contribution in [2.45, 2.75) is 23.9 Å². The zero-order valence-corrected chi connectivity index (χ0v) is 16.1. The van der Waals surface area contributed by atoms with E-state index in [2.05, 4.69) is 33.4 Å². The summed E-state index contributed by atoms with van der Waals surface area (Å²) in [6, 6.07) is 15.9. The van der Waals surface area contributed by atoms with Crippen LogP contribution in [0.25, 0.3) is 10.8 Å². The first-order valence-corrected chi connectivity index (χ1v) is 11.0. The van der Waals surface area contributed by atoms with Crippen LogP contribution in [0.1, 0.15) is 12.0 Å². The lowest BCUT2D eigenvalue weighted by molar-refractivity contribution is 0.328. The quantitative estimate of drug-likeness (QED) is 0.735. The molecule has 6 heteroatoms. The number of nitrogens with one attached hydrogen (secondary N) is 1. The minimum Gasteiger partial charge on any atom is -0.380 e. The van der Waals surface area contributed by atoms with E-state index in [0.29, 0.717) is 10.9 Å². The molecular formula is C21H23N3O2S. The highest BCUT2D eigenvalue weighted by Gasteiger charge is 2.22. The molecule has 1 atom stereocenters. The number of hydrogen-bond acceptors (Lipinski definition) is 5. The van der Waals surface area contributed by atoms with Crippen molar-refractivity contribution in [2.75, 3.05) is 24.7 Å². The van der Waals surface area contributed by atoms with Crippen molar-refractivity contribution in [1.29, 1.82) is 0 Å². The number of nitrogens with zero attached hydrogens (tertiary/aromatic N) is 2. The third-order valence-corrected chi connectivity index (χ3v) is 6.20. The molecule has 1 unspecified atom stereocenters. The fourth-order valence-corrected chi connectivity index (χ4v) is 4.29. The topological polar surface area (TPSA) is 62.3 Å². The molecule has 3 aromatic rings. The molecule has 2 aromatic carbocycles. The van der Waals surface area contributed by atoms with Gasteiger partial charge in [-0.25, -0.2) is 8.42 Å². The van der Waals surface area contributed by atoms with E-state index in [-0.39, 0.29) is 0 Å². The average Bonchev–Trinajstić information content (AvgIpc) is 3.09. The lowest BCUT2D eigenvalue weighted by atomic mass is 10.1. The van der Waals surface area contributed by atoms with Gasteiger partial charge in [0.15, 0.2) is 9.84 Å². The number of anilines is 1. The fraction of sp³-hybridized carbons (Fsp3) is 0.286. The van der Waals surface area contributed by atoms with E-state index in [9.17, 15) is 8.42 Å². The third kappa shape index (κ3) is 4.12. The summed E-state index contributed by atoms with van der Waals surface area (Å²) in [5.41, 5.74) is 2.29. The van der Waals surface area contributed by atoms with Crippen LogP contribution < -0.4 is 5.32 Å². The van der Waals surface area contributed by atoms with Crippen molar-refractivity contribution in [2.24, 2.45) is 0 Å². The van der Waals surface area contributed by atoms with Gasteiger partial charge in [0.2, 0.25) is 0 Å². The molecule has 27 heavy (non-hydrogen) atoms. The first kappa shape index (κ1) is 17.9. The number of pyridine rings is 1. The van der Waals surface area contributed by atoms with Crippen molar-refractivity contribution >= 4 is 26.3 Å². The standard InChI is InChI=1S/C21H23N3O2S/c1-27(25,26)19-7-5-16(6-8-19)14-24-12-10-18(15-24)23-21-4-2-3-17-13-22-11-9-20(17)21/h2-9,11,13,18,23H,10,12,14-15H2,1H3. The van der Waals surface area contributed by atoms with Gasteiger partial charge in [0, 0.05) is 60.8 Å². The Morgan fingerprint density at radius 1 is 1.15 bits per heavy atom. The van der Waals surface area contributed by atoms with Gasteiger partial charge in [-0.05, 0) is 36.2 Å². The SMILES string of the molecule is CS(=O)(=O)c1ccc(CN2CCC(Nc3cccc4cnccc34)C2)cc1. The van der Waals surface area contributed by atoms with Gasteiger partial charge in [0.25, 0.3) is 0 Å². The minimum atomic E-state index is -3.14. The first-order chi connectivity index (χ1) is 13.0. The van der Waals surface area contributed by atoms with Crippen LogP contribution in [-0.4, -0.2) is 43.7 Å². The molecule has 1 fully saturated rings. The first-order valence-electron chi connectivity index (χ1n) is 9.10. The highest BCUT2D eigenvalue weighted by atomic mass is 32.2. The van der Waals surface area contributed by atoms with Gasteiger partial charge >= 0.3 is 0 Å². The molecule has 0 spiro atoms. The molecular weight excluding hydrogens is 358 g/mol. The third-order valence-electron chi connectivity index (χ3n) is 5.07. The van der Waals surface area contributed by atoms with Crippen LogP contribution in [0.15, 0.2) is 65.8 Å². The Kier molecular flexibility index (Phi) is 4.85. The second-order valence-electron chi connectivity index (χ2n) is 7.18. The van der Waals surface area contributed by atoms with Gasteiger partial charge in [-0.3, -0.25) is 9.88 Å². The van der Waals surface area contributed by atoms with Gasteiger partial charge in [-0.1, -0.05) is 24.3 Å². The number of likely N-dealkylation sites (tertiary alicyclic amines) is 1. The predicted molar refractivity (Wildman–Crippen MR) is 109 cm³/mol. The highest BCUT2D eigenvalue weighted by molar-refractivity contribution is 7.90. The maximum Gasteiger partial charge on any atom is 0.175 e. The minimum absolute atomic E-state index is 0.373. The Labute approximate surface area is 160 Å². The Morgan fingerprint density at radius 2 is 1.96 bits per heavy atom. The molecule has 140 valence electrons. The number of aromatic nitrogens is 1. The monoisotopic (exact) mass is 381 g/mol. The van der Waals surface area contributed by atoms with Crippen LogP contribution in [-0.2, 0) is 16.4 Å². The Hall–Kier alpha value is -2.44. The summed E-state index contributed by atoms with van der Waals surface area (Å²) in [6.45, 7) is 2.83. The number of rotatable bonds is 5. The predicted octanol–water partition coefficient (Wildman–Crippen LogP) is 3.32. The van der Waals surface area contributed by atoms with E-state index in [1.807, 2.05) is 30.6 Å². The number of fused-ring (bicyclic) bond motifs is 1. The van der Waals surface area contributed by atoms with Crippen LogP contribution in [0.2, 0.25) is 0 Å². The van der Waals surface area contributed by atoms with Gasteiger partial charge in [0.1, 0.15) is 0 Å². The van der Waals surface area contributed by atoms with Crippen LogP contribution in [0, 0.1) is 0 Å². The van der Waals surface area contributed by atoms with Gasteiger partial charge < -0.3 is 5.32 Å². The van der Waals surface area contributed by atoms with Crippen LogP contribution in [0.5, 0.6) is 0 Å². The summed E-state index contributed by atoms with van der Waals surface area (Å²) in [5.74, 6) is 0. The van der Waals surface area contributed by atoms with Crippen LogP contribution in [0.3, 0.4) is 0 Å². The lowest BCUT2D eigenvalue weighted by Gasteiger charge is -2.18. The summed E-state index contributed by atoms with van der Waals surface area (Å²) in [5, 5.41) is 6.02. The molecule has 1 aliphatic heterocycles. The van der Waals surface area contributed by atoms with E-state index in [1.165, 1.54) is 11.6 Å². The molecule has 5 nitrogen and oxygen atoms in total. The van der Waals surface area contributed by atoms with E-state index in [1.54, 1.807) is 12.1 Å². The molecule has 0 amide bonds. The maximum atomic E-state index is 11.6. The van der Waals surface area contributed by atoms with Crippen molar-refractivity contribution < 1.29 is 8.42 Å². The van der Waals surface area contributed by atoms with Crippen LogP contribution >= 0.6 is 0 Å². The smallest absolute Gasteiger partial charge is 0.175 e. The maximum absolute atomic E-state index is 11.6. The summed E-state index contributed by atoms with van der Waals surface area (Å²) < 4.78 is 23.2. The summed E-state index contributed by atoms with van der Waals surface area (Å²) in [4.78, 5) is 6.97. The largest absolute Gasteiger partial charge is 0.380 e.